The maximum atomic E-state index is 14.1. The lowest BCUT2D eigenvalue weighted by Crippen LogP contribution is -2.57. The highest BCUT2D eigenvalue weighted by Crippen LogP contribution is 2.53. The van der Waals surface area contributed by atoms with E-state index in [-0.39, 0.29) is 58.1 Å². The molecule has 0 radical (unpaired) electrons. The number of thioether (sulfide) groups is 1. The van der Waals surface area contributed by atoms with Gasteiger partial charge in [0.2, 0.25) is 47.2 Å². The predicted molar refractivity (Wildman–Crippen MR) is 350 cm³/mol. The molecule has 0 saturated carbocycles. The molecule has 0 spiro atoms. The number of aliphatic carboxylic acids is 3. The van der Waals surface area contributed by atoms with Crippen molar-refractivity contribution in [2.45, 2.75) is 124 Å². The quantitative estimate of drug-likeness (QED) is 0.00868. The van der Waals surface area contributed by atoms with Crippen LogP contribution < -0.4 is 59.5 Å². The zero-order chi connectivity index (χ0) is 75.0. The molecule has 7 amide bonds. The Kier molecular flexibility index (Phi) is 23.8. The Morgan fingerprint density at radius 1 is 0.874 bits per heavy atom. The summed E-state index contributed by atoms with van der Waals surface area (Å²) in [6, 6.07) is 1.54. The molecule has 2 aromatic heterocycles. The largest absolute Gasteiger partial charge is 0.507 e. The topological polar surface area (TPSA) is 652 Å². The summed E-state index contributed by atoms with van der Waals surface area (Å²) in [7, 11) is 1.24. The molecule has 41 heteroatoms. The van der Waals surface area contributed by atoms with Gasteiger partial charge in [-0.3, -0.25) is 62.6 Å². The number of rotatable bonds is 30. The first-order chi connectivity index (χ1) is 48.8. The van der Waals surface area contributed by atoms with Crippen LogP contribution in [0.3, 0.4) is 0 Å². The monoisotopic (exact) mass is 1460 g/mol. The Balaban J connectivity index is 0.747. The highest BCUT2D eigenvalue weighted by atomic mass is 32.2. The first kappa shape index (κ1) is 76.0. The highest BCUT2D eigenvalue weighted by Gasteiger charge is 2.50. The number of likely N-dealkylation sites (tertiary alicyclic amines) is 1. The number of amides is 7. The molecule has 11 atom stereocenters. The summed E-state index contributed by atoms with van der Waals surface area (Å²) in [6.45, 7) is -2.30. The number of carboxylic acid groups (broad SMARTS) is 3. The van der Waals surface area contributed by atoms with Crippen LogP contribution in [0, 0.1) is 0 Å². The molecule has 4 heterocycles. The first-order valence-corrected chi connectivity index (χ1v) is 32.3. The van der Waals surface area contributed by atoms with Crippen LogP contribution in [0.1, 0.15) is 110 Å². The number of nitrogen functional groups attached to an aromatic ring is 1. The van der Waals surface area contributed by atoms with Gasteiger partial charge in [0, 0.05) is 91.4 Å². The zero-order valence-corrected chi connectivity index (χ0v) is 54.8. The van der Waals surface area contributed by atoms with Crippen molar-refractivity contribution >= 4 is 111 Å². The molecule has 5 aromatic rings. The van der Waals surface area contributed by atoms with E-state index < -0.39 is 247 Å². The van der Waals surface area contributed by atoms with E-state index in [1.165, 1.54) is 55.8 Å². The summed E-state index contributed by atoms with van der Waals surface area (Å²) in [6.07, 6.45) is -10.4. The maximum absolute atomic E-state index is 14.1. The number of nitrogens with one attached hydrogen (secondary N) is 7. The fraction of sp³-hybridized carbons (Fsp3) is 0.403. The Morgan fingerprint density at radius 3 is 2.24 bits per heavy atom. The molecule has 2 unspecified atom stereocenters. The van der Waals surface area contributed by atoms with E-state index in [2.05, 4.69) is 57.0 Å². The number of aromatic amines is 1. The van der Waals surface area contributed by atoms with Crippen molar-refractivity contribution in [1.82, 2.24) is 51.5 Å². The molecule has 4 aliphatic rings. The van der Waals surface area contributed by atoms with Crippen LogP contribution in [-0.4, -0.2) is 240 Å². The lowest BCUT2D eigenvalue weighted by molar-refractivity contribution is -0.300. The second-order valence-electron chi connectivity index (χ2n) is 24.0. The number of nitrogens with zero attached hydrogens (tertiary/aromatic N) is 5. The molecule has 22 N–H and O–H groups in total. The lowest BCUT2D eigenvalue weighted by Gasteiger charge is -2.42. The number of phenols is 2. The molecule has 2 saturated heterocycles. The van der Waals surface area contributed by atoms with Crippen molar-refractivity contribution in [3.63, 3.8) is 0 Å². The summed E-state index contributed by atoms with van der Waals surface area (Å²) in [5.74, 6) is -16.3. The summed E-state index contributed by atoms with van der Waals surface area (Å²) in [5.41, 5.74) is 14.3. The molecule has 40 nitrogen and oxygen atoms in total. The van der Waals surface area contributed by atoms with Crippen LogP contribution in [0.2, 0.25) is 0 Å². The van der Waals surface area contributed by atoms with Gasteiger partial charge in [0.15, 0.2) is 29.5 Å². The SMILES string of the molecule is COc1cccc2c1C(=O)c1c(O)c3c(c(O)c1C2=O)C[C@@](O)(/C(CO)=N\NC(=O)CCN1C(=O)CC(SC[C@H](NC(=O)[C@H](CC(=O)O)NC(=O)[C@@H](N)CNC(=O)CC[C@@H](NC(=O)c2ccc(NCc4cnc5nc(N)[nH]c(=O)c5n4)cc2)C(=O)O)C(=O)O)C1=O)C[C@@H]3O[C@H]1C[C@@H](N)[C@H](O)C(O)O1. The first-order valence-electron chi connectivity index (χ1n) is 31.2. The lowest BCUT2D eigenvalue weighted by atomic mass is 9.71. The van der Waals surface area contributed by atoms with Gasteiger partial charge >= 0.3 is 17.9 Å². The van der Waals surface area contributed by atoms with Crippen LogP contribution in [0.4, 0.5) is 11.6 Å². The third-order valence-electron chi connectivity index (χ3n) is 17.0. The number of methoxy groups -OCH3 is 1. The summed E-state index contributed by atoms with van der Waals surface area (Å²) in [5, 5.41) is 111. The molecular formula is C62H69N15O25S. The summed E-state index contributed by atoms with van der Waals surface area (Å²) < 4.78 is 16.8. The predicted octanol–water partition coefficient (Wildman–Crippen LogP) is -5.06. The normalized spacial score (nSPS) is 21.2. The van der Waals surface area contributed by atoms with E-state index in [1.807, 2.05) is 0 Å². The number of H-pyrrole nitrogens is 1. The number of aliphatic hydroxyl groups excluding tert-OH is 3. The molecule has 2 fully saturated rings. The highest BCUT2D eigenvalue weighted by molar-refractivity contribution is 8.00. The number of imide groups is 1. The van der Waals surface area contributed by atoms with Gasteiger partial charge in [0.05, 0.1) is 72.3 Å². The minimum atomic E-state index is -2.47. The number of ether oxygens (including phenoxy) is 3. The van der Waals surface area contributed by atoms with Crippen molar-refractivity contribution in [3.8, 4) is 17.2 Å². The van der Waals surface area contributed by atoms with Crippen LogP contribution in [0.25, 0.3) is 11.2 Å². The molecule has 0 bridgehead atoms. The number of fused-ring (bicyclic) bond motifs is 4. The number of hydrazone groups is 1. The van der Waals surface area contributed by atoms with Gasteiger partial charge in [-0.25, -0.2) is 25.0 Å². The average Bonchev–Trinajstić information content (AvgIpc) is 0.961. The number of nitrogens with two attached hydrogens (primary N) is 3. The number of carbonyl (C=O) groups excluding carboxylic acids is 9. The molecule has 103 heavy (non-hydrogen) atoms. The van der Waals surface area contributed by atoms with E-state index in [4.69, 9.17) is 31.4 Å². The minimum absolute atomic E-state index is 0.0347. The number of carbonyl (C=O) groups is 12. The zero-order valence-electron chi connectivity index (χ0n) is 54.0. The number of carboxylic acids is 3. The van der Waals surface area contributed by atoms with Crippen LogP contribution in [-0.2, 0) is 65.6 Å². The van der Waals surface area contributed by atoms with Gasteiger partial charge < -0.3 is 104 Å². The second kappa shape index (κ2) is 32.2. The minimum Gasteiger partial charge on any atom is -0.507 e. The second-order valence-corrected chi connectivity index (χ2v) is 25.2. The van der Waals surface area contributed by atoms with Gasteiger partial charge in [-0.1, -0.05) is 12.1 Å². The van der Waals surface area contributed by atoms with Gasteiger partial charge in [-0.2, -0.15) is 10.1 Å². The fourth-order valence-corrected chi connectivity index (χ4v) is 12.8. The van der Waals surface area contributed by atoms with Crippen molar-refractivity contribution in [3.05, 3.63) is 104 Å². The standard InChI is InChI=1S/C62H69N15O25S/c1-100-33-4-2-3-26-42(33)50(87)45-44(47(26)84)48(85)27-16-62(99,17-34(43(27)51(45)88)101-41-13-28(63)49(86)60(98)102-41)36(21-78)75-76-38(80)11-12-77-39(81)15-35(57(77)93)103-22-32(59(96)97)72-55(91)31(14-40(82)83)71-54(90)29(64)20-67-37(79)10-9-30(58(94)95)70-53(89)23-5-7-24(8-6-23)66-18-25-19-68-52-46(69-25)56(92)74-61(65)73-52/h2-8,19,28-32,34-35,41,49,60,66,78,85-86,88,98-99H,9-18,20-22,63-64H2,1H3,(H,67,79)(H,70,89)(H,71,90)(H,72,91)(H,76,80)(H,82,83)(H,94,95)(H,96,97)(H3,65,68,73,74,92)/b75-36-/t28-,29+,30-,31+,32+,34+,35?,41-,49+,60?,62+/m1/s1. The van der Waals surface area contributed by atoms with Crippen molar-refractivity contribution in [2.75, 3.05) is 43.6 Å². The smallest absolute Gasteiger partial charge is 0.327 e. The number of phenolic OH excluding ortho intramolecular Hbond substituents is 2. The van der Waals surface area contributed by atoms with Gasteiger partial charge in [-0.15, -0.1) is 11.8 Å². The molecule has 9 rings (SSSR count). The number of benzene rings is 3. The van der Waals surface area contributed by atoms with Gasteiger partial charge in [0.25, 0.3) is 11.5 Å². The fourth-order valence-electron chi connectivity index (χ4n) is 11.6. The number of hydrogen-bond acceptors (Lipinski definition) is 31. The van der Waals surface area contributed by atoms with Crippen molar-refractivity contribution < 1.29 is 118 Å². The van der Waals surface area contributed by atoms with E-state index in [1.54, 1.807) is 0 Å². The van der Waals surface area contributed by atoms with E-state index in [0.29, 0.717) is 28.0 Å². The average molecular weight is 1460 g/mol. The van der Waals surface area contributed by atoms with Crippen molar-refractivity contribution in [2.24, 2.45) is 16.6 Å². The van der Waals surface area contributed by atoms with Crippen molar-refractivity contribution in [1.29, 1.82) is 0 Å². The number of hydrogen-bond donors (Lipinski definition) is 19. The van der Waals surface area contributed by atoms with Gasteiger partial charge in [0.1, 0.15) is 53.1 Å². The third kappa shape index (κ3) is 17.2. The molecule has 548 valence electrons. The number of aromatic hydroxyl groups is 2. The third-order valence-corrected chi connectivity index (χ3v) is 18.3. The number of aliphatic hydroxyl groups is 4. The Bertz CT molecular complexity index is 4340. The molecular weight excluding hydrogens is 1390 g/mol. The van der Waals surface area contributed by atoms with Crippen LogP contribution >= 0.6 is 11.8 Å². The van der Waals surface area contributed by atoms with E-state index in [0.717, 1.165) is 0 Å². The number of anilines is 2. The molecule has 3 aromatic carbocycles. The molecule has 2 aliphatic heterocycles. The number of ketones is 2. The van der Waals surface area contributed by atoms with Gasteiger partial charge in [-0.05, 0) is 36.8 Å². The maximum Gasteiger partial charge on any atom is 0.327 e. The Morgan fingerprint density at radius 2 is 1.57 bits per heavy atom. The van der Waals surface area contributed by atoms with E-state index >= 15 is 0 Å². The number of aromatic nitrogens is 4. The Labute approximate surface area is 583 Å². The van der Waals surface area contributed by atoms with E-state index in [9.17, 15) is 108 Å². The summed E-state index contributed by atoms with van der Waals surface area (Å²) in [4.78, 5) is 184. The Hall–Kier alpha value is -11.2. The summed E-state index contributed by atoms with van der Waals surface area (Å²) >= 11 is 0.583. The van der Waals surface area contributed by atoms with Crippen LogP contribution in [0.15, 0.2) is 58.6 Å². The van der Waals surface area contributed by atoms with Crippen LogP contribution in [0.5, 0.6) is 17.2 Å². The molecule has 2 aliphatic carbocycles.